The fourth-order valence-electron chi connectivity index (χ4n) is 2.43. The van der Waals surface area contributed by atoms with E-state index < -0.39 is 39.6 Å². The first-order valence-electron chi connectivity index (χ1n) is 8.38. The van der Waals surface area contributed by atoms with Crippen LogP contribution in [0, 0.1) is 11.7 Å². The molecule has 0 saturated carbocycles. The predicted molar refractivity (Wildman–Crippen MR) is 97.2 cm³/mol. The van der Waals surface area contributed by atoms with Gasteiger partial charge in [0.1, 0.15) is 11.9 Å². The Morgan fingerprint density at radius 1 is 1.27 bits per heavy atom. The molecule has 146 valence electrons. The van der Waals surface area contributed by atoms with E-state index in [4.69, 9.17) is 5.73 Å². The molecule has 1 aromatic rings. The molecule has 7 nitrogen and oxygen atoms in total. The van der Waals surface area contributed by atoms with Crippen LogP contribution in [0.3, 0.4) is 0 Å². The average molecular weight is 387 g/mol. The predicted octanol–water partition coefficient (Wildman–Crippen LogP) is 0.865. The summed E-state index contributed by atoms with van der Waals surface area (Å²) in [4.78, 5) is 23.9. The molecule has 1 unspecified atom stereocenters. The second kappa shape index (κ2) is 9.63. The number of hydrogen-bond donors (Lipinski definition) is 3. The van der Waals surface area contributed by atoms with Crippen LogP contribution in [-0.2, 0) is 19.6 Å². The molecule has 0 aliphatic rings. The smallest absolute Gasteiger partial charge is 0.256 e. The SMILES string of the molecule is CC[C@H](C)[C@H](NC(=O)CN)C(=O)NS(=O)(=O)CC(C)c1cccc(F)c1. The molecule has 3 atom stereocenters. The average Bonchev–Trinajstić information content (AvgIpc) is 2.57. The number of amides is 2. The molecule has 2 amide bonds. The molecule has 0 radical (unpaired) electrons. The van der Waals surface area contributed by atoms with E-state index >= 15 is 0 Å². The van der Waals surface area contributed by atoms with Gasteiger partial charge in [-0.2, -0.15) is 0 Å². The number of hydrogen-bond acceptors (Lipinski definition) is 5. The van der Waals surface area contributed by atoms with E-state index in [9.17, 15) is 22.4 Å². The molecular weight excluding hydrogens is 361 g/mol. The van der Waals surface area contributed by atoms with Crippen molar-refractivity contribution in [2.45, 2.75) is 39.2 Å². The van der Waals surface area contributed by atoms with E-state index in [1.807, 2.05) is 11.6 Å². The third-order valence-electron chi connectivity index (χ3n) is 4.14. The Morgan fingerprint density at radius 3 is 2.46 bits per heavy atom. The van der Waals surface area contributed by atoms with Gasteiger partial charge in [-0.15, -0.1) is 0 Å². The Labute approximate surface area is 153 Å². The minimum Gasteiger partial charge on any atom is -0.343 e. The molecule has 4 N–H and O–H groups in total. The Bertz CT molecular complexity index is 739. The van der Waals surface area contributed by atoms with Crippen LogP contribution in [0.15, 0.2) is 24.3 Å². The number of carbonyl (C=O) groups is 2. The number of rotatable bonds is 9. The van der Waals surface area contributed by atoms with Crippen LogP contribution < -0.4 is 15.8 Å². The number of halogens is 1. The molecular formula is C17H26FN3O4S. The van der Waals surface area contributed by atoms with E-state index in [-0.39, 0.29) is 18.2 Å². The summed E-state index contributed by atoms with van der Waals surface area (Å²) in [6.07, 6.45) is 0.558. The van der Waals surface area contributed by atoms with Crippen LogP contribution in [0.2, 0.25) is 0 Å². The summed E-state index contributed by atoms with van der Waals surface area (Å²) in [5.74, 6) is -3.00. The van der Waals surface area contributed by atoms with Gasteiger partial charge in [-0.05, 0) is 29.5 Å². The van der Waals surface area contributed by atoms with Gasteiger partial charge in [0.15, 0.2) is 0 Å². The molecule has 26 heavy (non-hydrogen) atoms. The standard InChI is InChI=1S/C17H26FN3O4S/c1-4-11(2)16(20-15(22)9-19)17(23)21-26(24,25)10-12(3)13-6-5-7-14(18)8-13/h5-8,11-12,16H,4,9-10,19H2,1-3H3,(H,20,22)(H,21,23)/t11-,12?,16-/m0/s1. The van der Waals surface area contributed by atoms with E-state index in [0.717, 1.165) is 0 Å². The highest BCUT2D eigenvalue weighted by Gasteiger charge is 2.29. The molecule has 0 spiro atoms. The lowest BCUT2D eigenvalue weighted by molar-refractivity contribution is -0.128. The van der Waals surface area contributed by atoms with Gasteiger partial charge in [0, 0.05) is 0 Å². The summed E-state index contributed by atoms with van der Waals surface area (Å²) >= 11 is 0. The first kappa shape index (κ1) is 22.0. The summed E-state index contributed by atoms with van der Waals surface area (Å²) < 4.78 is 39.9. The van der Waals surface area contributed by atoms with Gasteiger partial charge in [-0.3, -0.25) is 14.3 Å². The minimum atomic E-state index is -3.97. The van der Waals surface area contributed by atoms with Crippen molar-refractivity contribution in [1.82, 2.24) is 10.0 Å². The van der Waals surface area contributed by atoms with Crippen LogP contribution in [0.25, 0.3) is 0 Å². The Balaban J connectivity index is 2.85. The molecule has 0 heterocycles. The number of nitrogens with two attached hydrogens (primary N) is 1. The zero-order valence-electron chi connectivity index (χ0n) is 15.2. The highest BCUT2D eigenvalue weighted by Crippen LogP contribution is 2.18. The summed E-state index contributed by atoms with van der Waals surface area (Å²) in [6.45, 7) is 4.87. The maximum Gasteiger partial charge on any atom is 0.256 e. The van der Waals surface area contributed by atoms with Gasteiger partial charge < -0.3 is 11.1 Å². The second-order valence-electron chi connectivity index (χ2n) is 6.34. The van der Waals surface area contributed by atoms with Gasteiger partial charge in [0.2, 0.25) is 15.9 Å². The van der Waals surface area contributed by atoms with Crippen molar-refractivity contribution in [1.29, 1.82) is 0 Å². The van der Waals surface area contributed by atoms with E-state index in [0.29, 0.717) is 12.0 Å². The topological polar surface area (TPSA) is 118 Å². The van der Waals surface area contributed by atoms with Crippen molar-refractivity contribution >= 4 is 21.8 Å². The highest BCUT2D eigenvalue weighted by molar-refractivity contribution is 7.90. The molecule has 1 aromatic carbocycles. The lowest BCUT2D eigenvalue weighted by Gasteiger charge is -2.23. The van der Waals surface area contributed by atoms with Crippen LogP contribution >= 0.6 is 0 Å². The van der Waals surface area contributed by atoms with Crippen LogP contribution in [-0.4, -0.2) is 38.6 Å². The Morgan fingerprint density at radius 2 is 1.92 bits per heavy atom. The zero-order chi connectivity index (χ0) is 19.9. The summed E-state index contributed by atoms with van der Waals surface area (Å²) in [6, 6.07) is 4.63. The van der Waals surface area contributed by atoms with E-state index in [1.54, 1.807) is 19.9 Å². The third-order valence-corrected chi connectivity index (χ3v) is 5.59. The lowest BCUT2D eigenvalue weighted by atomic mass is 9.98. The van der Waals surface area contributed by atoms with Crippen LogP contribution in [0.1, 0.15) is 38.7 Å². The van der Waals surface area contributed by atoms with Gasteiger partial charge in [-0.1, -0.05) is 39.3 Å². The first-order valence-corrected chi connectivity index (χ1v) is 10.0. The summed E-state index contributed by atoms with van der Waals surface area (Å²) in [7, 11) is -3.97. The molecule has 0 aliphatic heterocycles. The molecule has 0 aromatic heterocycles. The van der Waals surface area contributed by atoms with Crippen molar-refractivity contribution in [2.24, 2.45) is 11.7 Å². The summed E-state index contributed by atoms with van der Waals surface area (Å²) in [5.41, 5.74) is 5.75. The minimum absolute atomic E-state index is 0.277. The fourth-order valence-corrected chi connectivity index (χ4v) is 3.80. The summed E-state index contributed by atoms with van der Waals surface area (Å²) in [5, 5.41) is 2.44. The maximum atomic E-state index is 13.3. The number of nitrogens with one attached hydrogen (secondary N) is 2. The van der Waals surface area contributed by atoms with Crippen LogP contribution in [0.4, 0.5) is 4.39 Å². The highest BCUT2D eigenvalue weighted by atomic mass is 32.2. The molecule has 0 aliphatic carbocycles. The second-order valence-corrected chi connectivity index (χ2v) is 8.11. The van der Waals surface area contributed by atoms with Gasteiger partial charge in [0.25, 0.3) is 5.91 Å². The normalized spacial score (nSPS) is 15.0. The van der Waals surface area contributed by atoms with Crippen molar-refractivity contribution in [2.75, 3.05) is 12.3 Å². The molecule has 9 heteroatoms. The van der Waals surface area contributed by atoms with E-state index in [1.165, 1.54) is 18.2 Å². The van der Waals surface area contributed by atoms with Crippen molar-refractivity contribution in [3.8, 4) is 0 Å². The number of benzene rings is 1. The van der Waals surface area contributed by atoms with Crippen molar-refractivity contribution in [3.05, 3.63) is 35.6 Å². The monoisotopic (exact) mass is 387 g/mol. The largest absolute Gasteiger partial charge is 0.343 e. The fraction of sp³-hybridized carbons (Fsp3) is 0.529. The maximum absolute atomic E-state index is 13.3. The quantitative estimate of drug-likeness (QED) is 0.581. The molecule has 0 fully saturated rings. The molecule has 1 rings (SSSR count). The van der Waals surface area contributed by atoms with E-state index in [2.05, 4.69) is 5.32 Å². The Kier molecular flexibility index (Phi) is 8.16. The first-order chi connectivity index (χ1) is 12.1. The molecule has 0 saturated heterocycles. The van der Waals surface area contributed by atoms with Crippen molar-refractivity contribution in [3.63, 3.8) is 0 Å². The van der Waals surface area contributed by atoms with Gasteiger partial charge in [0.05, 0.1) is 12.3 Å². The van der Waals surface area contributed by atoms with Gasteiger partial charge in [-0.25, -0.2) is 12.8 Å². The lowest BCUT2D eigenvalue weighted by Crippen LogP contribution is -2.53. The van der Waals surface area contributed by atoms with Gasteiger partial charge >= 0.3 is 0 Å². The van der Waals surface area contributed by atoms with Crippen LogP contribution in [0.5, 0.6) is 0 Å². The number of sulfonamides is 1. The van der Waals surface area contributed by atoms with Crippen molar-refractivity contribution < 1.29 is 22.4 Å². The number of carbonyl (C=O) groups excluding carboxylic acids is 2. The Hall–Kier alpha value is -2.00. The third kappa shape index (κ3) is 6.72. The molecule has 0 bridgehead atoms. The zero-order valence-corrected chi connectivity index (χ0v) is 16.0.